The summed E-state index contributed by atoms with van der Waals surface area (Å²) in [5.74, 6) is 0.976. The van der Waals surface area contributed by atoms with Crippen molar-refractivity contribution in [2.24, 2.45) is 0 Å². The highest BCUT2D eigenvalue weighted by atomic mass is 16.5. The lowest BCUT2D eigenvalue weighted by atomic mass is 9.97. The Morgan fingerprint density at radius 2 is 2.20 bits per heavy atom. The fraction of sp³-hybridized carbons (Fsp3) is 0.647. The number of aryl methyl sites for hydroxylation is 1. The van der Waals surface area contributed by atoms with E-state index in [0.717, 1.165) is 31.6 Å². The van der Waals surface area contributed by atoms with Gasteiger partial charge in [0.2, 0.25) is 0 Å². The second-order valence-corrected chi connectivity index (χ2v) is 5.75. The van der Waals surface area contributed by atoms with E-state index < -0.39 is 0 Å². The number of rotatable bonds is 6. The van der Waals surface area contributed by atoms with Crippen molar-refractivity contribution in [3.05, 3.63) is 29.3 Å². The number of methoxy groups -OCH3 is 1. The first-order valence-corrected chi connectivity index (χ1v) is 7.66. The normalized spacial score (nSPS) is 23.8. The van der Waals surface area contributed by atoms with Crippen LogP contribution in [0.4, 0.5) is 0 Å². The van der Waals surface area contributed by atoms with Crippen molar-refractivity contribution in [2.75, 3.05) is 13.7 Å². The second kappa shape index (κ2) is 7.09. The standard InChI is InChI=1S/C17H27NO2/c1-5-18-15(17-9-7-13(3)20-17)11-14-10-12(2)6-8-16(14)19-4/h6,8,10,13,15,17-18H,5,7,9,11H2,1-4H3. The van der Waals surface area contributed by atoms with E-state index in [1.54, 1.807) is 7.11 Å². The Morgan fingerprint density at radius 3 is 2.80 bits per heavy atom. The summed E-state index contributed by atoms with van der Waals surface area (Å²) in [5, 5.41) is 3.58. The van der Waals surface area contributed by atoms with Gasteiger partial charge < -0.3 is 14.8 Å². The van der Waals surface area contributed by atoms with E-state index in [-0.39, 0.29) is 0 Å². The van der Waals surface area contributed by atoms with Crippen molar-refractivity contribution >= 4 is 0 Å². The maximum atomic E-state index is 6.05. The third-order valence-corrected chi connectivity index (χ3v) is 4.06. The average molecular weight is 277 g/mol. The Bertz CT molecular complexity index is 433. The maximum Gasteiger partial charge on any atom is 0.122 e. The topological polar surface area (TPSA) is 30.5 Å². The molecule has 1 aromatic carbocycles. The molecule has 3 atom stereocenters. The molecule has 1 N–H and O–H groups in total. The van der Waals surface area contributed by atoms with Gasteiger partial charge in [-0.1, -0.05) is 24.6 Å². The zero-order chi connectivity index (χ0) is 14.5. The van der Waals surface area contributed by atoms with E-state index in [4.69, 9.17) is 9.47 Å². The molecule has 2 rings (SSSR count). The molecule has 0 saturated carbocycles. The number of ether oxygens (including phenoxy) is 2. The number of nitrogens with one attached hydrogen (secondary N) is 1. The van der Waals surface area contributed by atoms with Gasteiger partial charge in [0, 0.05) is 6.04 Å². The molecule has 0 amide bonds. The van der Waals surface area contributed by atoms with E-state index in [0.29, 0.717) is 18.2 Å². The molecular weight excluding hydrogens is 250 g/mol. The van der Waals surface area contributed by atoms with Gasteiger partial charge in [0.25, 0.3) is 0 Å². The molecule has 1 aromatic rings. The maximum absolute atomic E-state index is 6.05. The first-order chi connectivity index (χ1) is 9.63. The molecule has 0 aromatic heterocycles. The Morgan fingerprint density at radius 1 is 1.40 bits per heavy atom. The minimum atomic E-state index is 0.315. The molecule has 1 aliphatic heterocycles. The van der Waals surface area contributed by atoms with Crippen LogP contribution in [0.2, 0.25) is 0 Å². The van der Waals surface area contributed by atoms with Crippen molar-refractivity contribution in [3.8, 4) is 5.75 Å². The molecule has 3 unspecified atom stereocenters. The summed E-state index contributed by atoms with van der Waals surface area (Å²) in [7, 11) is 1.74. The molecule has 3 heteroatoms. The third-order valence-electron chi connectivity index (χ3n) is 4.06. The minimum Gasteiger partial charge on any atom is -0.496 e. The van der Waals surface area contributed by atoms with Gasteiger partial charge in [0.05, 0.1) is 19.3 Å². The Labute approximate surface area is 122 Å². The summed E-state index contributed by atoms with van der Waals surface area (Å²) in [6, 6.07) is 6.74. The first-order valence-electron chi connectivity index (χ1n) is 7.66. The van der Waals surface area contributed by atoms with Crippen LogP contribution >= 0.6 is 0 Å². The SMILES string of the molecule is CCNC(Cc1cc(C)ccc1OC)C1CCC(C)O1. The van der Waals surface area contributed by atoms with Gasteiger partial charge in [0.15, 0.2) is 0 Å². The van der Waals surface area contributed by atoms with Crippen LogP contribution in [0.15, 0.2) is 18.2 Å². The van der Waals surface area contributed by atoms with E-state index in [9.17, 15) is 0 Å². The quantitative estimate of drug-likeness (QED) is 0.866. The van der Waals surface area contributed by atoms with Crippen molar-refractivity contribution in [3.63, 3.8) is 0 Å². The zero-order valence-electron chi connectivity index (χ0n) is 13.1. The van der Waals surface area contributed by atoms with Gasteiger partial charge in [-0.25, -0.2) is 0 Å². The number of likely N-dealkylation sites (N-methyl/N-ethyl adjacent to an activating group) is 1. The number of benzene rings is 1. The van der Waals surface area contributed by atoms with Gasteiger partial charge >= 0.3 is 0 Å². The lowest BCUT2D eigenvalue weighted by molar-refractivity contribution is 0.0323. The van der Waals surface area contributed by atoms with Crippen LogP contribution in [-0.4, -0.2) is 31.9 Å². The fourth-order valence-corrected chi connectivity index (χ4v) is 3.03. The molecule has 0 spiro atoms. The van der Waals surface area contributed by atoms with Crippen molar-refractivity contribution in [1.29, 1.82) is 0 Å². The van der Waals surface area contributed by atoms with E-state index >= 15 is 0 Å². The van der Waals surface area contributed by atoms with Crippen LogP contribution in [0.5, 0.6) is 5.75 Å². The predicted octanol–water partition coefficient (Wildman–Crippen LogP) is 3.09. The molecule has 0 radical (unpaired) electrons. The highest BCUT2D eigenvalue weighted by Gasteiger charge is 2.29. The van der Waals surface area contributed by atoms with Gasteiger partial charge in [-0.3, -0.25) is 0 Å². The molecule has 1 heterocycles. The molecule has 0 aliphatic carbocycles. The summed E-state index contributed by atoms with van der Waals surface area (Å²) in [5.41, 5.74) is 2.54. The third kappa shape index (κ3) is 3.74. The van der Waals surface area contributed by atoms with Gasteiger partial charge in [-0.15, -0.1) is 0 Å². The summed E-state index contributed by atoms with van der Waals surface area (Å²) in [6.07, 6.45) is 3.97. The van der Waals surface area contributed by atoms with E-state index in [1.165, 1.54) is 11.1 Å². The number of hydrogen-bond acceptors (Lipinski definition) is 3. The van der Waals surface area contributed by atoms with Crippen LogP contribution in [-0.2, 0) is 11.2 Å². The van der Waals surface area contributed by atoms with E-state index in [1.807, 2.05) is 0 Å². The highest BCUT2D eigenvalue weighted by Crippen LogP contribution is 2.27. The van der Waals surface area contributed by atoms with Crippen LogP contribution in [0, 0.1) is 6.92 Å². The van der Waals surface area contributed by atoms with Crippen molar-refractivity contribution in [1.82, 2.24) is 5.32 Å². The Balaban J connectivity index is 2.13. The van der Waals surface area contributed by atoms with Crippen LogP contribution < -0.4 is 10.1 Å². The lowest BCUT2D eigenvalue weighted by Gasteiger charge is -2.25. The van der Waals surface area contributed by atoms with Gasteiger partial charge in [0.1, 0.15) is 5.75 Å². The summed E-state index contributed by atoms with van der Waals surface area (Å²) in [6.45, 7) is 7.40. The molecule has 1 fully saturated rings. The fourth-order valence-electron chi connectivity index (χ4n) is 3.03. The number of hydrogen-bond donors (Lipinski definition) is 1. The monoisotopic (exact) mass is 277 g/mol. The molecule has 20 heavy (non-hydrogen) atoms. The van der Waals surface area contributed by atoms with Crippen molar-refractivity contribution < 1.29 is 9.47 Å². The van der Waals surface area contributed by atoms with Crippen LogP contribution in [0.25, 0.3) is 0 Å². The second-order valence-electron chi connectivity index (χ2n) is 5.75. The Kier molecular flexibility index (Phi) is 5.44. The molecule has 112 valence electrons. The van der Waals surface area contributed by atoms with Gasteiger partial charge in [-0.05, 0) is 51.3 Å². The lowest BCUT2D eigenvalue weighted by Crippen LogP contribution is -2.41. The molecule has 1 aliphatic rings. The zero-order valence-corrected chi connectivity index (χ0v) is 13.1. The van der Waals surface area contributed by atoms with Gasteiger partial charge in [-0.2, -0.15) is 0 Å². The molecule has 0 bridgehead atoms. The Hall–Kier alpha value is -1.06. The minimum absolute atomic E-state index is 0.315. The molecular formula is C17H27NO2. The molecule has 1 saturated heterocycles. The van der Waals surface area contributed by atoms with Crippen molar-refractivity contribution in [2.45, 2.75) is 58.3 Å². The predicted molar refractivity (Wildman–Crippen MR) is 82.5 cm³/mol. The smallest absolute Gasteiger partial charge is 0.122 e. The average Bonchev–Trinajstić information content (AvgIpc) is 2.85. The first kappa shape index (κ1) is 15.3. The van der Waals surface area contributed by atoms with Crippen LogP contribution in [0.1, 0.15) is 37.8 Å². The summed E-state index contributed by atoms with van der Waals surface area (Å²) >= 11 is 0. The summed E-state index contributed by atoms with van der Waals surface area (Å²) in [4.78, 5) is 0. The van der Waals surface area contributed by atoms with E-state index in [2.05, 4.69) is 44.3 Å². The van der Waals surface area contributed by atoms with Crippen LogP contribution in [0.3, 0.4) is 0 Å². The largest absolute Gasteiger partial charge is 0.496 e. The summed E-state index contributed by atoms with van der Waals surface area (Å²) < 4.78 is 11.5. The highest BCUT2D eigenvalue weighted by molar-refractivity contribution is 5.37. The molecule has 3 nitrogen and oxygen atoms in total.